The number of nitrogens with zero attached hydrogens (tertiary/aromatic N) is 5. The first kappa shape index (κ1) is 21.9. The van der Waals surface area contributed by atoms with E-state index < -0.39 is 0 Å². The first-order valence-electron chi connectivity index (χ1n) is 10.6. The lowest BCUT2D eigenvalue weighted by atomic mass is 10.2. The van der Waals surface area contributed by atoms with E-state index in [1.807, 2.05) is 51.7 Å². The van der Waals surface area contributed by atoms with Crippen molar-refractivity contribution in [3.05, 3.63) is 89.5 Å². The topological polar surface area (TPSA) is 48.1 Å². The number of methoxy groups -OCH3 is 1. The Kier molecular flexibility index (Phi) is 6.78. The fourth-order valence-corrected chi connectivity index (χ4v) is 3.83. The minimum Gasteiger partial charge on any atom is -0.497 e. The Morgan fingerprint density at radius 3 is 2.28 bits per heavy atom. The molecular formula is C25H27N5OS. The highest BCUT2D eigenvalue weighted by molar-refractivity contribution is 7.71. The van der Waals surface area contributed by atoms with Gasteiger partial charge in [0.05, 0.1) is 19.5 Å². The molecule has 2 aromatic heterocycles. The van der Waals surface area contributed by atoms with E-state index in [4.69, 9.17) is 22.1 Å². The van der Waals surface area contributed by atoms with E-state index in [1.54, 1.807) is 19.5 Å². The Morgan fingerprint density at radius 1 is 0.969 bits per heavy atom. The van der Waals surface area contributed by atoms with Crippen molar-refractivity contribution >= 4 is 12.2 Å². The smallest absolute Gasteiger partial charge is 0.204 e. The number of benzene rings is 2. The summed E-state index contributed by atoms with van der Waals surface area (Å²) in [6, 6.07) is 22.5. The van der Waals surface area contributed by atoms with Crippen molar-refractivity contribution < 1.29 is 4.74 Å². The van der Waals surface area contributed by atoms with Crippen LogP contribution >= 0.6 is 12.2 Å². The molecule has 0 atom stereocenters. The maximum atomic E-state index is 5.92. The van der Waals surface area contributed by atoms with E-state index in [2.05, 4.69) is 48.0 Å². The third-order valence-corrected chi connectivity index (χ3v) is 5.78. The predicted octanol–water partition coefficient (Wildman–Crippen LogP) is 5.34. The van der Waals surface area contributed by atoms with Crippen LogP contribution in [-0.4, -0.2) is 37.4 Å². The molecule has 0 bridgehead atoms. The normalized spacial score (nSPS) is 11.3. The number of aromatic nitrogens is 4. The maximum absolute atomic E-state index is 5.92. The maximum Gasteiger partial charge on any atom is 0.204 e. The molecule has 2 heterocycles. The van der Waals surface area contributed by atoms with Gasteiger partial charge in [-0.2, -0.15) is 0 Å². The molecule has 0 N–H and O–H groups in total. The lowest BCUT2D eigenvalue weighted by Crippen LogP contribution is -2.33. The summed E-state index contributed by atoms with van der Waals surface area (Å²) in [5, 5.41) is 4.94. The van der Waals surface area contributed by atoms with E-state index >= 15 is 0 Å². The van der Waals surface area contributed by atoms with Crippen LogP contribution in [0.4, 0.5) is 0 Å². The van der Waals surface area contributed by atoms with Crippen LogP contribution < -0.4 is 4.74 Å². The first-order chi connectivity index (χ1) is 15.6. The minimum atomic E-state index is 0.326. The summed E-state index contributed by atoms with van der Waals surface area (Å²) in [6.07, 6.45) is 3.54. The van der Waals surface area contributed by atoms with E-state index in [0.29, 0.717) is 17.5 Å². The predicted molar refractivity (Wildman–Crippen MR) is 129 cm³/mol. The zero-order valence-electron chi connectivity index (χ0n) is 18.5. The lowest BCUT2D eigenvalue weighted by molar-refractivity contribution is 0.153. The summed E-state index contributed by atoms with van der Waals surface area (Å²) >= 11 is 5.92. The second-order valence-electron chi connectivity index (χ2n) is 7.84. The summed E-state index contributed by atoms with van der Waals surface area (Å²) in [5.41, 5.74) is 3.16. The molecule has 4 aromatic rings. The number of pyridine rings is 1. The van der Waals surface area contributed by atoms with Crippen molar-refractivity contribution in [2.24, 2.45) is 0 Å². The number of rotatable bonds is 8. The van der Waals surface area contributed by atoms with E-state index in [-0.39, 0.29) is 0 Å². The quantitative estimate of drug-likeness (QED) is 0.343. The van der Waals surface area contributed by atoms with Gasteiger partial charge in [-0.1, -0.05) is 30.3 Å². The van der Waals surface area contributed by atoms with Crippen LogP contribution in [-0.2, 0) is 13.2 Å². The largest absolute Gasteiger partial charge is 0.497 e. The zero-order valence-corrected chi connectivity index (χ0v) is 19.4. The van der Waals surface area contributed by atoms with Gasteiger partial charge >= 0.3 is 0 Å². The highest BCUT2D eigenvalue weighted by atomic mass is 32.1. The van der Waals surface area contributed by atoms with Crippen LogP contribution in [0.2, 0.25) is 0 Å². The zero-order chi connectivity index (χ0) is 22.5. The minimum absolute atomic E-state index is 0.326. The SMILES string of the molecule is COc1ccc(-n2c(-c3ccncc3)nn(CN(Cc3ccccc3)C(C)C)c2=S)cc1. The van der Waals surface area contributed by atoms with E-state index in [9.17, 15) is 0 Å². The Hall–Kier alpha value is -3.29. The van der Waals surface area contributed by atoms with E-state index in [0.717, 1.165) is 29.4 Å². The summed E-state index contributed by atoms with van der Waals surface area (Å²) < 4.78 is 9.87. The molecule has 0 unspecified atom stereocenters. The molecule has 0 amide bonds. The number of ether oxygens (including phenoxy) is 1. The van der Waals surface area contributed by atoms with Crippen LogP contribution in [0.1, 0.15) is 19.4 Å². The van der Waals surface area contributed by atoms with Gasteiger partial charge in [-0.3, -0.25) is 14.5 Å². The molecule has 32 heavy (non-hydrogen) atoms. The molecule has 6 nitrogen and oxygen atoms in total. The van der Waals surface area contributed by atoms with Gasteiger partial charge in [-0.05, 0) is 68.0 Å². The van der Waals surface area contributed by atoms with Crippen LogP contribution in [0.25, 0.3) is 17.1 Å². The van der Waals surface area contributed by atoms with Gasteiger partial charge in [0.2, 0.25) is 4.77 Å². The lowest BCUT2D eigenvalue weighted by Gasteiger charge is -2.26. The van der Waals surface area contributed by atoms with Crippen molar-refractivity contribution in [3.63, 3.8) is 0 Å². The average molecular weight is 446 g/mol. The number of hydrogen-bond donors (Lipinski definition) is 0. The Bertz CT molecular complexity index is 1200. The monoisotopic (exact) mass is 445 g/mol. The highest BCUT2D eigenvalue weighted by Crippen LogP contribution is 2.24. The van der Waals surface area contributed by atoms with Crippen LogP contribution in [0, 0.1) is 4.77 Å². The fraction of sp³-hybridized carbons (Fsp3) is 0.240. The fourth-order valence-electron chi connectivity index (χ4n) is 3.54. The van der Waals surface area contributed by atoms with Gasteiger partial charge in [-0.25, -0.2) is 4.68 Å². The second-order valence-corrected chi connectivity index (χ2v) is 8.21. The Balaban J connectivity index is 1.75. The molecule has 0 radical (unpaired) electrons. The van der Waals surface area contributed by atoms with Crippen molar-refractivity contribution in [1.29, 1.82) is 0 Å². The Morgan fingerprint density at radius 2 is 1.66 bits per heavy atom. The molecule has 0 spiro atoms. The highest BCUT2D eigenvalue weighted by Gasteiger charge is 2.18. The van der Waals surface area contributed by atoms with Gasteiger partial charge in [0.1, 0.15) is 5.75 Å². The Labute approximate surface area is 193 Å². The molecule has 0 fully saturated rings. The summed E-state index contributed by atoms with van der Waals surface area (Å²) in [4.78, 5) is 6.50. The second kappa shape index (κ2) is 9.89. The molecular weight excluding hydrogens is 418 g/mol. The average Bonchev–Trinajstić information content (AvgIpc) is 3.15. The summed E-state index contributed by atoms with van der Waals surface area (Å²) in [5.74, 6) is 1.58. The first-order valence-corrected chi connectivity index (χ1v) is 11.0. The molecule has 164 valence electrons. The third-order valence-electron chi connectivity index (χ3n) is 5.38. The molecule has 0 aliphatic carbocycles. The van der Waals surface area contributed by atoms with E-state index in [1.165, 1.54) is 5.56 Å². The molecule has 2 aromatic carbocycles. The van der Waals surface area contributed by atoms with Crippen molar-refractivity contribution in [2.75, 3.05) is 7.11 Å². The molecule has 0 aliphatic rings. The summed E-state index contributed by atoms with van der Waals surface area (Å²) in [6.45, 7) is 5.79. The molecule has 0 saturated carbocycles. The van der Waals surface area contributed by atoms with Crippen LogP contribution in [0.3, 0.4) is 0 Å². The van der Waals surface area contributed by atoms with Crippen molar-refractivity contribution in [2.45, 2.75) is 33.1 Å². The summed E-state index contributed by atoms with van der Waals surface area (Å²) in [7, 11) is 1.66. The number of hydrogen-bond acceptors (Lipinski definition) is 5. The van der Waals surface area contributed by atoms with Gasteiger partial charge in [0.15, 0.2) is 5.82 Å². The van der Waals surface area contributed by atoms with Crippen molar-refractivity contribution in [3.8, 4) is 22.8 Å². The third kappa shape index (κ3) is 4.79. The van der Waals surface area contributed by atoms with Gasteiger partial charge < -0.3 is 4.74 Å². The molecule has 7 heteroatoms. The molecule has 0 saturated heterocycles. The standard InChI is InChI=1S/C25H27N5OS/c1-19(2)28(17-20-7-5-4-6-8-20)18-29-25(32)30(22-9-11-23(31-3)12-10-22)24(27-29)21-13-15-26-16-14-21/h4-16,19H,17-18H2,1-3H3. The van der Waals surface area contributed by atoms with Crippen LogP contribution in [0.15, 0.2) is 79.1 Å². The molecule has 4 rings (SSSR count). The van der Waals surface area contributed by atoms with Crippen molar-refractivity contribution in [1.82, 2.24) is 24.2 Å². The van der Waals surface area contributed by atoms with Crippen LogP contribution in [0.5, 0.6) is 5.75 Å². The molecule has 0 aliphatic heterocycles. The van der Waals surface area contributed by atoms with Gasteiger partial charge in [0, 0.05) is 30.5 Å². The van der Waals surface area contributed by atoms with Gasteiger partial charge in [-0.15, -0.1) is 5.10 Å². The van der Waals surface area contributed by atoms with Gasteiger partial charge in [0.25, 0.3) is 0 Å².